The summed E-state index contributed by atoms with van der Waals surface area (Å²) in [5.41, 5.74) is 0. The standard InChI is InChI=1S/C4H8S2/c1-6-4-2-3-5/h2,4-5H,3H2,1H3. The monoisotopic (exact) mass is 120 g/mol. The molecule has 0 N–H and O–H groups in total. The van der Waals surface area contributed by atoms with E-state index in [2.05, 4.69) is 12.6 Å². The Morgan fingerprint density at radius 1 is 1.83 bits per heavy atom. The summed E-state index contributed by atoms with van der Waals surface area (Å²) >= 11 is 5.65. The predicted molar refractivity (Wildman–Crippen MR) is 36.5 cm³/mol. The molecule has 36 valence electrons. The smallest absolute Gasteiger partial charge is 0.00906 e. The van der Waals surface area contributed by atoms with Gasteiger partial charge in [-0.05, 0) is 11.7 Å². The maximum Gasteiger partial charge on any atom is 0.00906 e. The molecule has 2 heteroatoms. The molecule has 0 nitrogen and oxygen atoms in total. The fourth-order valence-electron chi connectivity index (χ4n) is 0.139. The second-order valence-electron chi connectivity index (χ2n) is 0.790. The molecule has 0 fully saturated rings. The number of thioether (sulfide) groups is 1. The van der Waals surface area contributed by atoms with Crippen LogP contribution in [-0.2, 0) is 0 Å². The van der Waals surface area contributed by atoms with Crippen molar-refractivity contribution in [3.63, 3.8) is 0 Å². The van der Waals surface area contributed by atoms with Crippen molar-refractivity contribution < 1.29 is 0 Å². The summed E-state index contributed by atoms with van der Waals surface area (Å²) in [7, 11) is 0. The molecule has 0 radical (unpaired) electrons. The highest BCUT2D eigenvalue weighted by Gasteiger charge is 1.60. The van der Waals surface area contributed by atoms with Gasteiger partial charge in [-0.2, -0.15) is 12.6 Å². The van der Waals surface area contributed by atoms with Crippen molar-refractivity contribution in [1.82, 2.24) is 0 Å². The van der Waals surface area contributed by atoms with Crippen LogP contribution in [-0.4, -0.2) is 12.0 Å². The van der Waals surface area contributed by atoms with E-state index in [0.29, 0.717) is 0 Å². The van der Waals surface area contributed by atoms with Gasteiger partial charge in [0.05, 0.1) is 0 Å². The molecule has 0 bridgehead atoms. The normalized spacial score (nSPS) is 10.3. The molecule has 0 unspecified atom stereocenters. The van der Waals surface area contributed by atoms with Gasteiger partial charge in [0.25, 0.3) is 0 Å². The molecule has 0 rings (SSSR count). The number of thiol groups is 1. The van der Waals surface area contributed by atoms with Gasteiger partial charge in [-0.15, -0.1) is 11.8 Å². The average molecular weight is 120 g/mol. The van der Waals surface area contributed by atoms with Crippen LogP contribution < -0.4 is 0 Å². The average Bonchev–Trinajstić information content (AvgIpc) is 1.61. The lowest BCUT2D eigenvalue weighted by Crippen LogP contribution is -1.52. The molecule has 0 aliphatic heterocycles. The minimum absolute atomic E-state index is 0.848. The van der Waals surface area contributed by atoms with Gasteiger partial charge in [-0.25, -0.2) is 0 Å². The third-order valence-corrected chi connectivity index (χ3v) is 1.01. The van der Waals surface area contributed by atoms with E-state index in [9.17, 15) is 0 Å². The molecule has 0 amide bonds. The lowest BCUT2D eigenvalue weighted by Gasteiger charge is -1.72. The Morgan fingerprint density at radius 2 is 2.50 bits per heavy atom. The van der Waals surface area contributed by atoms with E-state index < -0.39 is 0 Å². The van der Waals surface area contributed by atoms with Gasteiger partial charge in [0.2, 0.25) is 0 Å². The maximum absolute atomic E-state index is 3.95. The highest BCUT2D eigenvalue weighted by Crippen LogP contribution is 1.92. The van der Waals surface area contributed by atoms with Crippen molar-refractivity contribution >= 4 is 24.4 Å². The van der Waals surface area contributed by atoms with Crippen molar-refractivity contribution in [2.45, 2.75) is 0 Å². The van der Waals surface area contributed by atoms with Crippen molar-refractivity contribution in [3.05, 3.63) is 11.5 Å². The van der Waals surface area contributed by atoms with Crippen LogP contribution in [0.1, 0.15) is 0 Å². The van der Waals surface area contributed by atoms with Gasteiger partial charge in [-0.3, -0.25) is 0 Å². The summed E-state index contributed by atoms with van der Waals surface area (Å²) in [4.78, 5) is 0. The predicted octanol–water partition coefficient (Wildman–Crippen LogP) is 1.79. The SMILES string of the molecule is CSC=CCS. The minimum atomic E-state index is 0.848. The van der Waals surface area contributed by atoms with E-state index in [0.717, 1.165) is 5.75 Å². The molecular formula is C4H8S2. The summed E-state index contributed by atoms with van der Waals surface area (Å²) in [5.74, 6) is 0.848. The minimum Gasteiger partial charge on any atom is -0.175 e. The largest absolute Gasteiger partial charge is 0.175 e. The molecule has 0 aromatic heterocycles. The number of hydrogen-bond donors (Lipinski definition) is 1. The Bertz CT molecular complexity index is 34.8. The molecule has 0 saturated heterocycles. The summed E-state index contributed by atoms with van der Waals surface area (Å²) in [6.07, 6.45) is 4.04. The third kappa shape index (κ3) is 4.44. The fraction of sp³-hybridized carbons (Fsp3) is 0.500. The molecule has 0 atom stereocenters. The molecule has 0 heterocycles. The number of rotatable bonds is 2. The van der Waals surface area contributed by atoms with Crippen LogP contribution in [0.25, 0.3) is 0 Å². The van der Waals surface area contributed by atoms with Crippen LogP contribution in [0.5, 0.6) is 0 Å². The topological polar surface area (TPSA) is 0 Å². The van der Waals surface area contributed by atoms with Crippen molar-refractivity contribution in [2.24, 2.45) is 0 Å². The van der Waals surface area contributed by atoms with Gasteiger partial charge in [0.1, 0.15) is 0 Å². The zero-order valence-corrected chi connectivity index (χ0v) is 5.43. The lowest BCUT2D eigenvalue weighted by atomic mass is 10.8. The van der Waals surface area contributed by atoms with Crippen molar-refractivity contribution in [2.75, 3.05) is 12.0 Å². The molecular weight excluding hydrogens is 112 g/mol. The molecule has 0 saturated carbocycles. The molecule has 0 aromatic carbocycles. The number of hydrogen-bond acceptors (Lipinski definition) is 2. The van der Waals surface area contributed by atoms with Crippen LogP contribution >= 0.6 is 24.4 Å². The van der Waals surface area contributed by atoms with Gasteiger partial charge in [0.15, 0.2) is 0 Å². The van der Waals surface area contributed by atoms with E-state index in [1.807, 2.05) is 17.7 Å². The molecule has 0 spiro atoms. The Hall–Kier alpha value is 0.440. The highest BCUT2D eigenvalue weighted by atomic mass is 32.2. The molecule has 0 aliphatic rings. The van der Waals surface area contributed by atoms with Gasteiger partial charge in [-0.1, -0.05) is 6.08 Å². The van der Waals surface area contributed by atoms with E-state index in [1.165, 1.54) is 0 Å². The van der Waals surface area contributed by atoms with E-state index >= 15 is 0 Å². The van der Waals surface area contributed by atoms with Crippen molar-refractivity contribution in [3.8, 4) is 0 Å². The van der Waals surface area contributed by atoms with Crippen molar-refractivity contribution in [1.29, 1.82) is 0 Å². The second-order valence-corrected chi connectivity index (χ2v) is 1.90. The summed E-state index contributed by atoms with van der Waals surface area (Å²) in [5, 5.41) is 2.02. The van der Waals surface area contributed by atoms with Gasteiger partial charge < -0.3 is 0 Å². The first-order valence-electron chi connectivity index (χ1n) is 1.70. The van der Waals surface area contributed by atoms with Gasteiger partial charge >= 0.3 is 0 Å². The Kier molecular flexibility index (Phi) is 5.84. The van der Waals surface area contributed by atoms with E-state index in [1.54, 1.807) is 11.8 Å². The maximum atomic E-state index is 3.95. The first-order valence-corrected chi connectivity index (χ1v) is 3.62. The first-order chi connectivity index (χ1) is 2.91. The summed E-state index contributed by atoms with van der Waals surface area (Å²) in [6, 6.07) is 0. The molecule has 6 heavy (non-hydrogen) atoms. The van der Waals surface area contributed by atoms with Crippen LogP contribution in [0, 0.1) is 0 Å². The zero-order valence-electron chi connectivity index (χ0n) is 3.72. The molecule has 0 aromatic rings. The fourth-order valence-corrected chi connectivity index (χ4v) is 0.676. The molecule has 0 aliphatic carbocycles. The van der Waals surface area contributed by atoms with E-state index in [-0.39, 0.29) is 0 Å². The van der Waals surface area contributed by atoms with E-state index in [4.69, 9.17) is 0 Å². The Labute approximate surface area is 48.4 Å². The second kappa shape index (κ2) is 5.44. The zero-order chi connectivity index (χ0) is 4.83. The van der Waals surface area contributed by atoms with Crippen LogP contribution in [0.4, 0.5) is 0 Å². The van der Waals surface area contributed by atoms with Crippen LogP contribution in [0.15, 0.2) is 11.5 Å². The third-order valence-electron chi connectivity index (χ3n) is 0.338. The summed E-state index contributed by atoms with van der Waals surface area (Å²) < 4.78 is 0. The van der Waals surface area contributed by atoms with Gasteiger partial charge in [0, 0.05) is 5.75 Å². The summed E-state index contributed by atoms with van der Waals surface area (Å²) in [6.45, 7) is 0. The Balaban J connectivity index is 2.73. The van der Waals surface area contributed by atoms with Crippen LogP contribution in [0.2, 0.25) is 0 Å². The first kappa shape index (κ1) is 6.44. The Morgan fingerprint density at radius 3 is 2.67 bits per heavy atom. The quantitative estimate of drug-likeness (QED) is 0.542. The highest BCUT2D eigenvalue weighted by molar-refractivity contribution is 8.01. The lowest BCUT2D eigenvalue weighted by molar-refractivity contribution is 1.83. The van der Waals surface area contributed by atoms with Crippen LogP contribution in [0.3, 0.4) is 0 Å².